The summed E-state index contributed by atoms with van der Waals surface area (Å²) in [7, 11) is 0. The highest BCUT2D eigenvalue weighted by Crippen LogP contribution is 2.07. The van der Waals surface area contributed by atoms with Gasteiger partial charge in [-0.05, 0) is 36.2 Å². The maximum Gasteiger partial charge on any atom is 0.252 e. The Kier molecular flexibility index (Phi) is 5.50. The van der Waals surface area contributed by atoms with E-state index in [0.717, 1.165) is 12.0 Å². The molecular formula is C17H16N2O2. The van der Waals surface area contributed by atoms with E-state index in [0.29, 0.717) is 17.7 Å². The predicted octanol–water partition coefficient (Wildman–Crippen LogP) is 1.40. The van der Waals surface area contributed by atoms with E-state index in [1.165, 1.54) is 0 Å². The second-order valence-corrected chi connectivity index (χ2v) is 4.37. The number of aromatic nitrogens is 1. The van der Waals surface area contributed by atoms with Crippen molar-refractivity contribution in [2.75, 3.05) is 13.2 Å². The summed E-state index contributed by atoms with van der Waals surface area (Å²) in [5.41, 5.74) is 2.26. The average molecular weight is 280 g/mol. The molecule has 0 spiro atoms. The van der Waals surface area contributed by atoms with Crippen LogP contribution in [0.3, 0.4) is 0 Å². The Morgan fingerprint density at radius 3 is 2.71 bits per heavy atom. The van der Waals surface area contributed by atoms with Crippen LogP contribution in [0.2, 0.25) is 0 Å². The van der Waals surface area contributed by atoms with Gasteiger partial charge in [0.15, 0.2) is 0 Å². The van der Waals surface area contributed by atoms with Gasteiger partial charge in [-0.25, -0.2) is 0 Å². The number of nitrogens with zero attached hydrogens (tertiary/aromatic N) is 1. The highest BCUT2D eigenvalue weighted by atomic mass is 16.2. The molecule has 1 aromatic heterocycles. The molecule has 0 saturated heterocycles. The zero-order valence-electron chi connectivity index (χ0n) is 11.5. The molecule has 2 aromatic rings. The minimum Gasteiger partial charge on any atom is -0.384 e. The van der Waals surface area contributed by atoms with Gasteiger partial charge in [0, 0.05) is 24.5 Å². The summed E-state index contributed by atoms with van der Waals surface area (Å²) >= 11 is 0. The lowest BCUT2D eigenvalue weighted by atomic mass is 10.1. The number of carbonyl (C=O) groups excluding carboxylic acids is 1. The molecule has 0 saturated carbocycles. The van der Waals surface area contributed by atoms with Gasteiger partial charge in [-0.15, -0.1) is 0 Å². The smallest absolute Gasteiger partial charge is 0.252 e. The number of benzene rings is 1. The lowest BCUT2D eigenvalue weighted by Gasteiger charge is -2.07. The Morgan fingerprint density at radius 1 is 1.19 bits per heavy atom. The first kappa shape index (κ1) is 14.8. The molecule has 0 fully saturated rings. The van der Waals surface area contributed by atoms with E-state index in [-0.39, 0.29) is 12.5 Å². The van der Waals surface area contributed by atoms with Crippen LogP contribution in [0.15, 0.2) is 48.8 Å². The Morgan fingerprint density at radius 2 is 1.95 bits per heavy atom. The summed E-state index contributed by atoms with van der Waals surface area (Å²) in [6.07, 6.45) is 4.21. The normalized spacial score (nSPS) is 9.57. The second-order valence-electron chi connectivity index (χ2n) is 4.37. The van der Waals surface area contributed by atoms with Gasteiger partial charge in [-0.1, -0.05) is 24.0 Å². The SMILES string of the molecule is O=C(NCCc1ccncc1)c1ccccc1C#CCO. The number of aliphatic hydroxyl groups is 1. The van der Waals surface area contributed by atoms with E-state index in [1.54, 1.807) is 30.6 Å². The molecule has 4 heteroatoms. The van der Waals surface area contributed by atoms with Crippen molar-refractivity contribution in [1.29, 1.82) is 0 Å². The van der Waals surface area contributed by atoms with Crippen LogP contribution in [0.5, 0.6) is 0 Å². The van der Waals surface area contributed by atoms with Gasteiger partial charge in [-0.3, -0.25) is 9.78 Å². The van der Waals surface area contributed by atoms with Crippen LogP contribution in [0.4, 0.5) is 0 Å². The summed E-state index contributed by atoms with van der Waals surface area (Å²) in [5.74, 6) is 5.18. The second kappa shape index (κ2) is 7.83. The molecule has 2 N–H and O–H groups in total. The van der Waals surface area contributed by atoms with Crippen molar-refractivity contribution < 1.29 is 9.90 Å². The van der Waals surface area contributed by atoms with E-state index in [1.807, 2.05) is 18.2 Å². The molecule has 1 amide bonds. The Hall–Kier alpha value is -2.64. The third kappa shape index (κ3) is 4.44. The third-order valence-electron chi connectivity index (χ3n) is 2.92. The lowest BCUT2D eigenvalue weighted by molar-refractivity contribution is 0.0954. The van der Waals surface area contributed by atoms with Gasteiger partial charge >= 0.3 is 0 Å². The molecule has 21 heavy (non-hydrogen) atoms. The molecule has 2 rings (SSSR count). The van der Waals surface area contributed by atoms with E-state index in [4.69, 9.17) is 5.11 Å². The van der Waals surface area contributed by atoms with Crippen LogP contribution >= 0.6 is 0 Å². The summed E-state index contributed by atoms with van der Waals surface area (Å²) in [5, 5.41) is 11.6. The molecule has 0 aliphatic heterocycles. The number of amides is 1. The van der Waals surface area contributed by atoms with Crippen molar-refractivity contribution in [3.63, 3.8) is 0 Å². The van der Waals surface area contributed by atoms with Gasteiger partial charge in [-0.2, -0.15) is 0 Å². The van der Waals surface area contributed by atoms with Gasteiger partial charge in [0.25, 0.3) is 5.91 Å². The Balaban J connectivity index is 1.97. The molecule has 106 valence electrons. The minimum atomic E-state index is -0.224. The van der Waals surface area contributed by atoms with Crippen LogP contribution in [0, 0.1) is 11.8 Å². The molecule has 0 radical (unpaired) electrons. The summed E-state index contributed by atoms with van der Waals surface area (Å²) < 4.78 is 0. The lowest BCUT2D eigenvalue weighted by Crippen LogP contribution is -2.26. The van der Waals surface area contributed by atoms with Crippen molar-refractivity contribution in [1.82, 2.24) is 10.3 Å². The fraction of sp³-hybridized carbons (Fsp3) is 0.176. The fourth-order valence-corrected chi connectivity index (χ4v) is 1.89. The van der Waals surface area contributed by atoms with Gasteiger partial charge in [0.05, 0.1) is 5.56 Å². The van der Waals surface area contributed by atoms with Crippen LogP contribution in [0.25, 0.3) is 0 Å². The van der Waals surface area contributed by atoms with E-state index in [9.17, 15) is 4.79 Å². The minimum absolute atomic E-state index is 0.160. The summed E-state index contributed by atoms with van der Waals surface area (Å²) in [6, 6.07) is 10.9. The number of hydrogen-bond donors (Lipinski definition) is 2. The van der Waals surface area contributed by atoms with Gasteiger partial charge < -0.3 is 10.4 Å². The first-order chi connectivity index (χ1) is 10.3. The van der Waals surface area contributed by atoms with Crippen molar-refractivity contribution in [2.45, 2.75) is 6.42 Å². The summed E-state index contributed by atoms with van der Waals surface area (Å²) in [6.45, 7) is 0.322. The standard InChI is InChI=1S/C17H16N2O2/c20-13-3-5-15-4-1-2-6-16(15)17(21)19-12-9-14-7-10-18-11-8-14/h1-2,4,6-8,10-11,20H,9,12-13H2,(H,19,21). The highest BCUT2D eigenvalue weighted by Gasteiger charge is 2.08. The number of carbonyl (C=O) groups is 1. The molecule has 0 aliphatic rings. The van der Waals surface area contributed by atoms with E-state index < -0.39 is 0 Å². The Labute approximate surface area is 123 Å². The quantitative estimate of drug-likeness (QED) is 0.832. The molecule has 1 heterocycles. The van der Waals surface area contributed by atoms with E-state index in [2.05, 4.69) is 22.1 Å². The number of nitrogens with one attached hydrogen (secondary N) is 1. The molecule has 1 aromatic carbocycles. The van der Waals surface area contributed by atoms with Crippen LogP contribution in [0.1, 0.15) is 21.5 Å². The highest BCUT2D eigenvalue weighted by molar-refractivity contribution is 5.96. The van der Waals surface area contributed by atoms with Crippen LogP contribution in [-0.2, 0) is 6.42 Å². The van der Waals surface area contributed by atoms with Gasteiger partial charge in [0.1, 0.15) is 6.61 Å². The first-order valence-electron chi connectivity index (χ1n) is 6.67. The van der Waals surface area contributed by atoms with Crippen LogP contribution < -0.4 is 5.32 Å². The zero-order valence-corrected chi connectivity index (χ0v) is 11.5. The topological polar surface area (TPSA) is 62.2 Å². The van der Waals surface area contributed by atoms with Crippen molar-refractivity contribution in [3.05, 3.63) is 65.5 Å². The molecule has 0 bridgehead atoms. The maximum atomic E-state index is 12.2. The molecule has 0 aliphatic carbocycles. The monoisotopic (exact) mass is 280 g/mol. The molecular weight excluding hydrogens is 264 g/mol. The van der Waals surface area contributed by atoms with Gasteiger partial charge in [0.2, 0.25) is 0 Å². The van der Waals surface area contributed by atoms with Crippen molar-refractivity contribution in [2.24, 2.45) is 0 Å². The average Bonchev–Trinajstić information content (AvgIpc) is 2.54. The maximum absolute atomic E-state index is 12.2. The number of pyridine rings is 1. The third-order valence-corrected chi connectivity index (χ3v) is 2.92. The first-order valence-corrected chi connectivity index (χ1v) is 6.67. The van der Waals surface area contributed by atoms with E-state index >= 15 is 0 Å². The molecule has 4 nitrogen and oxygen atoms in total. The van der Waals surface area contributed by atoms with Crippen molar-refractivity contribution >= 4 is 5.91 Å². The number of hydrogen-bond acceptors (Lipinski definition) is 3. The summed E-state index contributed by atoms with van der Waals surface area (Å²) in [4.78, 5) is 16.1. The fourth-order valence-electron chi connectivity index (χ4n) is 1.89. The largest absolute Gasteiger partial charge is 0.384 e. The molecule has 0 atom stereocenters. The molecule has 0 unspecified atom stereocenters. The predicted molar refractivity (Wildman–Crippen MR) is 80.7 cm³/mol. The Bertz CT molecular complexity index is 657. The number of aliphatic hydroxyl groups excluding tert-OH is 1. The van der Waals surface area contributed by atoms with Crippen LogP contribution in [-0.4, -0.2) is 29.1 Å². The zero-order chi connectivity index (χ0) is 14.9. The van der Waals surface area contributed by atoms with Crippen molar-refractivity contribution in [3.8, 4) is 11.8 Å². The number of rotatable bonds is 4.